The second kappa shape index (κ2) is 5.87. The van der Waals surface area contributed by atoms with Crippen LogP contribution in [0.25, 0.3) is 0 Å². The predicted octanol–water partition coefficient (Wildman–Crippen LogP) is -2.42. The fourth-order valence-corrected chi connectivity index (χ4v) is 1.95. The van der Waals surface area contributed by atoms with Gasteiger partial charge in [0.2, 0.25) is 13.1 Å². The molecule has 1 N–H and O–H groups in total. The number of rotatable bonds is 5. The number of nitrogens with one attached hydrogen (secondary N) is 1. The average molecular weight is 339 g/mol. The van der Waals surface area contributed by atoms with Crippen molar-refractivity contribution in [1.29, 1.82) is 0 Å². The van der Waals surface area contributed by atoms with Crippen molar-refractivity contribution in [1.82, 2.24) is 10.3 Å². The number of hydrogen-bond donors (Lipinski definition) is 1. The molecule has 1 rings (SSSR count). The van der Waals surface area contributed by atoms with E-state index in [0.717, 1.165) is 0 Å². The van der Waals surface area contributed by atoms with Gasteiger partial charge in [0.1, 0.15) is 32.8 Å². The maximum absolute atomic E-state index is 11.0. The van der Waals surface area contributed by atoms with Crippen LogP contribution in [0, 0.1) is 50.6 Å². The van der Waals surface area contributed by atoms with Crippen molar-refractivity contribution >= 4 is 0 Å². The van der Waals surface area contributed by atoms with Crippen LogP contribution in [0.15, 0.2) is 0 Å². The Morgan fingerprint density at radius 1 is 0.696 bits per heavy atom. The molecule has 17 heteroatoms. The summed E-state index contributed by atoms with van der Waals surface area (Å²) in [5, 5.41) is 55.2. The molecule has 1 aliphatic rings. The summed E-state index contributed by atoms with van der Waals surface area (Å²) >= 11 is 0. The number of hydrogen-bond acceptors (Lipinski definition) is 11. The normalized spacial score (nSPS) is 19.9. The van der Waals surface area contributed by atoms with E-state index in [0.29, 0.717) is 0 Å². The number of nitro groups is 5. The van der Waals surface area contributed by atoms with Crippen molar-refractivity contribution in [3.8, 4) is 0 Å². The van der Waals surface area contributed by atoms with Crippen LogP contribution < -0.4 is 5.32 Å². The van der Waals surface area contributed by atoms with Gasteiger partial charge < -0.3 is 0 Å². The van der Waals surface area contributed by atoms with Gasteiger partial charge in [0.05, 0.1) is 0 Å². The van der Waals surface area contributed by atoms with Crippen molar-refractivity contribution in [3.05, 3.63) is 50.6 Å². The number of nitrogens with zero attached hydrogens (tertiary/aromatic N) is 6. The molecule has 23 heavy (non-hydrogen) atoms. The molecular formula is C6H9N7O10. The highest BCUT2D eigenvalue weighted by Gasteiger charge is 2.67. The molecule has 0 spiro atoms. The van der Waals surface area contributed by atoms with Gasteiger partial charge in [0.15, 0.2) is 5.03 Å². The smallest absolute Gasteiger partial charge is 0.291 e. The Hall–Kier alpha value is -3.24. The van der Waals surface area contributed by atoms with Crippen LogP contribution in [-0.2, 0) is 0 Å². The molecule has 17 nitrogen and oxygen atoms in total. The lowest BCUT2D eigenvalue weighted by molar-refractivity contribution is -0.828. The lowest BCUT2D eigenvalue weighted by atomic mass is 10.1. The first-order valence-electron chi connectivity index (χ1n) is 5.67. The van der Waals surface area contributed by atoms with Gasteiger partial charge in [-0.1, -0.05) is 5.01 Å². The largest absolute Gasteiger partial charge is 0.492 e. The molecule has 1 heterocycles. The Kier molecular flexibility index (Phi) is 4.54. The fraction of sp³-hybridized carbons (Fsp3) is 1.00. The summed E-state index contributed by atoms with van der Waals surface area (Å²) in [6, 6.07) is 0. The predicted molar refractivity (Wildman–Crippen MR) is 64.9 cm³/mol. The molecule has 1 saturated heterocycles. The molecule has 0 atom stereocenters. The summed E-state index contributed by atoms with van der Waals surface area (Å²) in [5.74, 6) is 0. The van der Waals surface area contributed by atoms with Crippen molar-refractivity contribution in [2.45, 2.75) is 11.3 Å². The summed E-state index contributed by atoms with van der Waals surface area (Å²) in [4.78, 5) is 49.3. The second-order valence-corrected chi connectivity index (χ2v) is 4.66. The highest BCUT2D eigenvalue weighted by molar-refractivity contribution is 4.83. The fourth-order valence-electron chi connectivity index (χ4n) is 1.95. The molecule has 0 bridgehead atoms. The molecular weight excluding hydrogens is 330 g/mol. The molecule has 0 amide bonds. The molecule has 0 saturated carbocycles. The minimum atomic E-state index is -3.08. The quantitative estimate of drug-likeness (QED) is 0.313. The van der Waals surface area contributed by atoms with Gasteiger partial charge >= 0.3 is 11.3 Å². The Bertz CT molecular complexity index is 506. The van der Waals surface area contributed by atoms with Crippen LogP contribution in [0.3, 0.4) is 0 Å². The summed E-state index contributed by atoms with van der Waals surface area (Å²) in [6.45, 7) is -5.31. The first-order valence-corrected chi connectivity index (χ1v) is 5.67. The molecule has 0 aromatic rings. The monoisotopic (exact) mass is 339 g/mol. The summed E-state index contributed by atoms with van der Waals surface area (Å²) < 4.78 is 0. The molecule has 1 aliphatic heterocycles. The van der Waals surface area contributed by atoms with Crippen LogP contribution >= 0.6 is 0 Å². The summed E-state index contributed by atoms with van der Waals surface area (Å²) in [7, 11) is 0. The molecule has 128 valence electrons. The van der Waals surface area contributed by atoms with Gasteiger partial charge in [-0.15, -0.1) is 0 Å². The second-order valence-electron chi connectivity index (χ2n) is 4.66. The molecule has 0 aromatic carbocycles. The van der Waals surface area contributed by atoms with Gasteiger partial charge in [0.25, 0.3) is 0 Å². The van der Waals surface area contributed by atoms with E-state index < -0.39 is 62.2 Å². The Labute approximate surface area is 124 Å². The lowest BCUT2D eigenvalue weighted by Crippen LogP contribution is -2.70. The summed E-state index contributed by atoms with van der Waals surface area (Å²) in [6.07, 6.45) is 0. The summed E-state index contributed by atoms with van der Waals surface area (Å²) in [5.41, 5.74) is -6.15. The Balaban J connectivity index is 3.37. The van der Waals surface area contributed by atoms with E-state index in [4.69, 9.17) is 0 Å². The standard InChI is InChI=1S/C6H9N7O10/c14-9(15)5(10(16)17)1-7-2-6(11(18)19,12(20)21)4-8(3-5)13(22)23/h7H,1-4H2. The van der Waals surface area contributed by atoms with Crippen LogP contribution in [0.4, 0.5) is 0 Å². The van der Waals surface area contributed by atoms with E-state index in [9.17, 15) is 50.6 Å². The third-order valence-electron chi connectivity index (χ3n) is 3.28. The maximum atomic E-state index is 11.0. The average Bonchev–Trinajstić information content (AvgIpc) is 2.37. The van der Waals surface area contributed by atoms with Gasteiger partial charge in [-0.2, -0.15) is 0 Å². The molecule has 0 aromatic heterocycles. The SMILES string of the molecule is O=[N+]([O-])N1CC([N+](=O)[O-])([N+](=O)[O-])CNCC([N+](=O)[O-])([N+](=O)[O-])C1. The van der Waals surface area contributed by atoms with Crippen LogP contribution in [0.5, 0.6) is 0 Å². The first-order chi connectivity index (χ1) is 10.5. The van der Waals surface area contributed by atoms with E-state index in [1.54, 1.807) is 0 Å². The Morgan fingerprint density at radius 2 is 1.00 bits per heavy atom. The zero-order valence-electron chi connectivity index (χ0n) is 11.1. The van der Waals surface area contributed by atoms with Gasteiger partial charge in [-0.25, -0.2) is 10.1 Å². The first kappa shape index (κ1) is 17.8. The van der Waals surface area contributed by atoms with E-state index in [-0.39, 0.29) is 5.01 Å². The zero-order chi connectivity index (χ0) is 18.0. The topological polar surface area (TPSA) is 231 Å². The third-order valence-corrected chi connectivity index (χ3v) is 3.28. The maximum Gasteiger partial charge on any atom is 0.492 e. The van der Waals surface area contributed by atoms with E-state index in [2.05, 4.69) is 0 Å². The van der Waals surface area contributed by atoms with Crippen molar-refractivity contribution < 1.29 is 24.7 Å². The zero-order valence-corrected chi connectivity index (χ0v) is 11.1. The van der Waals surface area contributed by atoms with E-state index in [1.165, 1.54) is 0 Å². The van der Waals surface area contributed by atoms with Crippen LogP contribution in [0.1, 0.15) is 0 Å². The van der Waals surface area contributed by atoms with Crippen LogP contribution in [-0.4, -0.2) is 67.2 Å². The van der Waals surface area contributed by atoms with Gasteiger partial charge in [-0.05, 0) is 0 Å². The highest BCUT2D eigenvalue weighted by atomic mass is 16.7. The van der Waals surface area contributed by atoms with Gasteiger partial charge in [-0.3, -0.25) is 45.8 Å². The minimum Gasteiger partial charge on any atom is -0.291 e. The number of hydrazine groups is 1. The van der Waals surface area contributed by atoms with E-state index in [1.807, 2.05) is 5.32 Å². The van der Waals surface area contributed by atoms with Crippen molar-refractivity contribution in [2.24, 2.45) is 0 Å². The molecule has 0 aliphatic carbocycles. The third kappa shape index (κ3) is 2.88. The Morgan fingerprint density at radius 3 is 1.22 bits per heavy atom. The molecule has 0 radical (unpaired) electrons. The minimum absolute atomic E-state index is 0.252. The van der Waals surface area contributed by atoms with Crippen LogP contribution in [0.2, 0.25) is 0 Å². The lowest BCUT2D eigenvalue weighted by Gasteiger charge is -2.27. The highest BCUT2D eigenvalue weighted by Crippen LogP contribution is 2.21. The van der Waals surface area contributed by atoms with E-state index >= 15 is 0 Å². The van der Waals surface area contributed by atoms with Crippen molar-refractivity contribution in [2.75, 3.05) is 26.2 Å². The molecule has 0 unspecified atom stereocenters. The van der Waals surface area contributed by atoms with Crippen molar-refractivity contribution in [3.63, 3.8) is 0 Å². The molecule has 1 fully saturated rings. The van der Waals surface area contributed by atoms with Gasteiger partial charge in [0, 0.05) is 0 Å².